The molecule has 156 valence electrons. The van der Waals surface area contributed by atoms with E-state index in [2.05, 4.69) is 4.72 Å². The molecular weight excluding hydrogens is 417 g/mol. The number of benzene rings is 2. The van der Waals surface area contributed by atoms with E-state index in [0.717, 1.165) is 6.26 Å². The standard InChI is InChI=1S/C20H23ClFN3O3S/c1-29(27,28)23-18(15-6-8-16(21)9-7-15)14-20(26)25-12-10-24(11-13-25)19-5-3-2-4-17(19)22/h2-9,18,23H,10-14H2,1H3. The number of hydrogen-bond donors (Lipinski definition) is 1. The Labute approximate surface area is 175 Å². The van der Waals surface area contributed by atoms with Crippen molar-refractivity contribution < 1.29 is 17.6 Å². The summed E-state index contributed by atoms with van der Waals surface area (Å²) in [6, 6.07) is 12.6. The molecule has 0 aromatic heterocycles. The van der Waals surface area contributed by atoms with Crippen LogP contribution in [0.25, 0.3) is 0 Å². The van der Waals surface area contributed by atoms with E-state index in [1.165, 1.54) is 6.07 Å². The first-order chi connectivity index (χ1) is 13.7. The van der Waals surface area contributed by atoms with Crippen molar-refractivity contribution in [3.63, 3.8) is 0 Å². The fraction of sp³-hybridized carbons (Fsp3) is 0.350. The Morgan fingerprint density at radius 3 is 2.31 bits per heavy atom. The Bertz CT molecular complexity index is 961. The summed E-state index contributed by atoms with van der Waals surface area (Å²) < 4.78 is 40.0. The molecule has 0 bridgehead atoms. The molecule has 1 aliphatic heterocycles. The van der Waals surface area contributed by atoms with Gasteiger partial charge in [-0.15, -0.1) is 0 Å². The highest BCUT2D eigenvalue weighted by atomic mass is 35.5. The lowest BCUT2D eigenvalue weighted by Crippen LogP contribution is -2.49. The van der Waals surface area contributed by atoms with Crippen LogP contribution in [0.1, 0.15) is 18.0 Å². The monoisotopic (exact) mass is 439 g/mol. The van der Waals surface area contributed by atoms with Crippen LogP contribution in [-0.2, 0) is 14.8 Å². The van der Waals surface area contributed by atoms with Crippen LogP contribution in [0.2, 0.25) is 5.02 Å². The molecule has 2 aromatic rings. The topological polar surface area (TPSA) is 69.7 Å². The molecule has 2 aromatic carbocycles. The van der Waals surface area contributed by atoms with Crippen molar-refractivity contribution in [2.45, 2.75) is 12.5 Å². The summed E-state index contributed by atoms with van der Waals surface area (Å²) in [5.41, 5.74) is 1.19. The van der Waals surface area contributed by atoms with Gasteiger partial charge in [-0.2, -0.15) is 0 Å². The summed E-state index contributed by atoms with van der Waals surface area (Å²) in [5, 5.41) is 0.530. The van der Waals surface area contributed by atoms with E-state index in [4.69, 9.17) is 11.6 Å². The Kier molecular flexibility index (Phi) is 6.77. The molecule has 0 radical (unpaired) electrons. The number of anilines is 1. The first-order valence-corrected chi connectivity index (χ1v) is 11.5. The second-order valence-electron chi connectivity index (χ2n) is 7.02. The minimum absolute atomic E-state index is 0.00556. The van der Waals surface area contributed by atoms with Gasteiger partial charge in [0.1, 0.15) is 5.82 Å². The number of nitrogens with one attached hydrogen (secondary N) is 1. The van der Waals surface area contributed by atoms with Crippen molar-refractivity contribution in [2.24, 2.45) is 0 Å². The fourth-order valence-electron chi connectivity index (χ4n) is 3.39. The van der Waals surface area contributed by atoms with Gasteiger partial charge in [-0.3, -0.25) is 4.79 Å². The van der Waals surface area contributed by atoms with Gasteiger partial charge >= 0.3 is 0 Å². The lowest BCUT2D eigenvalue weighted by molar-refractivity contribution is -0.132. The van der Waals surface area contributed by atoms with Crippen molar-refractivity contribution in [3.8, 4) is 0 Å². The summed E-state index contributed by atoms with van der Waals surface area (Å²) in [6.45, 7) is 1.91. The maximum absolute atomic E-state index is 14.0. The maximum atomic E-state index is 14.0. The van der Waals surface area contributed by atoms with Gasteiger partial charge in [-0.25, -0.2) is 17.5 Å². The van der Waals surface area contributed by atoms with Gasteiger partial charge in [0.05, 0.1) is 18.0 Å². The second kappa shape index (κ2) is 9.11. The molecule has 1 atom stereocenters. The molecular formula is C20H23ClFN3O3S. The molecule has 3 rings (SSSR count). The van der Waals surface area contributed by atoms with E-state index in [1.54, 1.807) is 47.4 Å². The Hall–Kier alpha value is -2.16. The van der Waals surface area contributed by atoms with E-state index in [-0.39, 0.29) is 18.1 Å². The van der Waals surface area contributed by atoms with Crippen LogP contribution in [0.5, 0.6) is 0 Å². The van der Waals surface area contributed by atoms with E-state index in [1.807, 2.05) is 4.90 Å². The number of carbonyl (C=O) groups is 1. The number of amides is 1. The van der Waals surface area contributed by atoms with Crippen LogP contribution in [0.3, 0.4) is 0 Å². The number of nitrogens with zero attached hydrogens (tertiary/aromatic N) is 2. The fourth-order valence-corrected chi connectivity index (χ4v) is 4.25. The highest BCUT2D eigenvalue weighted by Crippen LogP contribution is 2.23. The molecule has 1 amide bonds. The molecule has 29 heavy (non-hydrogen) atoms. The zero-order valence-electron chi connectivity index (χ0n) is 16.0. The lowest BCUT2D eigenvalue weighted by Gasteiger charge is -2.36. The molecule has 1 N–H and O–H groups in total. The summed E-state index contributed by atoms with van der Waals surface area (Å²) in [5.74, 6) is -0.443. The highest BCUT2D eigenvalue weighted by molar-refractivity contribution is 7.88. The van der Waals surface area contributed by atoms with Gasteiger partial charge < -0.3 is 9.80 Å². The van der Waals surface area contributed by atoms with Gasteiger partial charge in [0, 0.05) is 37.6 Å². The molecule has 0 aliphatic carbocycles. The summed E-state index contributed by atoms with van der Waals surface area (Å²) in [7, 11) is -3.51. The third-order valence-corrected chi connectivity index (χ3v) is 5.80. The number of sulfonamides is 1. The minimum atomic E-state index is -3.51. The number of hydrogen-bond acceptors (Lipinski definition) is 4. The SMILES string of the molecule is CS(=O)(=O)NC(CC(=O)N1CCN(c2ccccc2F)CC1)c1ccc(Cl)cc1. The van der Waals surface area contributed by atoms with Crippen LogP contribution in [0.15, 0.2) is 48.5 Å². The Balaban J connectivity index is 1.66. The van der Waals surface area contributed by atoms with Gasteiger partial charge in [-0.05, 0) is 29.8 Å². The Morgan fingerprint density at radius 2 is 1.72 bits per heavy atom. The van der Waals surface area contributed by atoms with Crippen molar-refractivity contribution >= 4 is 33.2 Å². The number of carbonyl (C=O) groups excluding carboxylic acids is 1. The summed E-state index contributed by atoms with van der Waals surface area (Å²) in [4.78, 5) is 16.4. The van der Waals surface area contributed by atoms with Crippen molar-refractivity contribution in [1.82, 2.24) is 9.62 Å². The molecule has 0 saturated carbocycles. The molecule has 6 nitrogen and oxygen atoms in total. The van der Waals surface area contributed by atoms with Crippen molar-refractivity contribution in [1.29, 1.82) is 0 Å². The first-order valence-electron chi connectivity index (χ1n) is 9.23. The molecule has 1 unspecified atom stereocenters. The maximum Gasteiger partial charge on any atom is 0.224 e. The van der Waals surface area contributed by atoms with Gasteiger partial charge in [0.25, 0.3) is 0 Å². The molecule has 1 fully saturated rings. The van der Waals surface area contributed by atoms with E-state index in [0.29, 0.717) is 42.5 Å². The Morgan fingerprint density at radius 1 is 1.10 bits per heavy atom. The summed E-state index contributed by atoms with van der Waals surface area (Å²) in [6.07, 6.45) is 1.06. The van der Waals surface area contributed by atoms with Gasteiger partial charge in [0.2, 0.25) is 15.9 Å². The second-order valence-corrected chi connectivity index (χ2v) is 9.23. The average molecular weight is 440 g/mol. The van der Waals surface area contributed by atoms with Crippen molar-refractivity contribution in [3.05, 3.63) is 64.9 Å². The van der Waals surface area contributed by atoms with Gasteiger partial charge in [-0.1, -0.05) is 35.9 Å². The third kappa shape index (κ3) is 5.91. The lowest BCUT2D eigenvalue weighted by atomic mass is 10.0. The van der Waals surface area contributed by atoms with Crippen LogP contribution >= 0.6 is 11.6 Å². The predicted molar refractivity (Wildman–Crippen MR) is 112 cm³/mol. The predicted octanol–water partition coefficient (Wildman–Crippen LogP) is 2.81. The third-order valence-electron chi connectivity index (χ3n) is 4.83. The smallest absolute Gasteiger partial charge is 0.224 e. The molecule has 1 saturated heterocycles. The zero-order chi connectivity index (χ0) is 21.0. The van der Waals surface area contributed by atoms with Crippen molar-refractivity contribution in [2.75, 3.05) is 37.3 Å². The number of piperazine rings is 1. The molecule has 0 spiro atoms. The zero-order valence-corrected chi connectivity index (χ0v) is 17.6. The highest BCUT2D eigenvalue weighted by Gasteiger charge is 2.26. The average Bonchev–Trinajstić information content (AvgIpc) is 2.67. The van der Waals surface area contributed by atoms with E-state index >= 15 is 0 Å². The number of halogens is 2. The van der Waals surface area contributed by atoms with E-state index in [9.17, 15) is 17.6 Å². The molecule has 1 heterocycles. The quantitative estimate of drug-likeness (QED) is 0.751. The largest absolute Gasteiger partial charge is 0.366 e. The van der Waals surface area contributed by atoms with Crippen LogP contribution in [0, 0.1) is 5.82 Å². The van der Waals surface area contributed by atoms with Gasteiger partial charge in [0.15, 0.2) is 0 Å². The number of rotatable bonds is 6. The van der Waals surface area contributed by atoms with Crippen LogP contribution < -0.4 is 9.62 Å². The number of para-hydroxylation sites is 1. The minimum Gasteiger partial charge on any atom is -0.366 e. The first kappa shape index (κ1) is 21.5. The normalized spacial score (nSPS) is 16.0. The summed E-state index contributed by atoms with van der Waals surface area (Å²) >= 11 is 5.91. The van der Waals surface area contributed by atoms with Crippen LogP contribution in [-0.4, -0.2) is 51.7 Å². The van der Waals surface area contributed by atoms with E-state index < -0.39 is 16.1 Å². The molecule has 9 heteroatoms. The molecule has 1 aliphatic rings. The van der Waals surface area contributed by atoms with Crippen LogP contribution in [0.4, 0.5) is 10.1 Å².